The summed E-state index contributed by atoms with van der Waals surface area (Å²) in [4.78, 5) is 14.5. The van der Waals surface area contributed by atoms with E-state index in [1.165, 1.54) is 0 Å². The van der Waals surface area contributed by atoms with Gasteiger partial charge >= 0.3 is 5.97 Å². The van der Waals surface area contributed by atoms with E-state index >= 15 is 0 Å². The molecular weight excluding hydrogens is 272 g/mol. The molecule has 1 heterocycles. The topological polar surface area (TPSA) is 68.1 Å². The number of ether oxygens (including phenoxy) is 1. The number of benzene rings is 1. The van der Waals surface area contributed by atoms with E-state index in [0.717, 1.165) is 15.4 Å². The third kappa shape index (κ3) is 1.78. The van der Waals surface area contributed by atoms with Gasteiger partial charge in [0.15, 0.2) is 0 Å². The van der Waals surface area contributed by atoms with Crippen molar-refractivity contribution in [2.24, 2.45) is 0 Å². The molecule has 0 radical (unpaired) electrons. The zero-order chi connectivity index (χ0) is 11.7. The molecule has 3 N–H and O–H groups in total. The van der Waals surface area contributed by atoms with Crippen molar-refractivity contribution in [2.45, 2.75) is 6.92 Å². The van der Waals surface area contributed by atoms with Gasteiger partial charge in [-0.2, -0.15) is 0 Å². The number of halogens is 1. The lowest BCUT2D eigenvalue weighted by atomic mass is 10.2. The van der Waals surface area contributed by atoms with Crippen LogP contribution in [0.5, 0.6) is 0 Å². The molecule has 0 unspecified atom stereocenters. The third-order valence-corrected chi connectivity index (χ3v) is 2.77. The maximum atomic E-state index is 11.6. The summed E-state index contributed by atoms with van der Waals surface area (Å²) in [5.74, 6) is -0.424. The minimum absolute atomic E-state index is 0.315. The number of fused-ring (bicyclic) bond motifs is 1. The fourth-order valence-corrected chi connectivity index (χ4v) is 1.91. The molecule has 2 aromatic rings. The van der Waals surface area contributed by atoms with Gasteiger partial charge in [-0.3, -0.25) is 0 Å². The second kappa shape index (κ2) is 4.17. The summed E-state index contributed by atoms with van der Waals surface area (Å²) in [6.07, 6.45) is 0. The smallest absolute Gasteiger partial charge is 0.356 e. The monoisotopic (exact) mass is 282 g/mol. The Bertz CT molecular complexity index is 548. The average molecular weight is 283 g/mol. The van der Waals surface area contributed by atoms with Crippen molar-refractivity contribution in [1.82, 2.24) is 4.98 Å². The van der Waals surface area contributed by atoms with Crippen molar-refractivity contribution < 1.29 is 9.53 Å². The second-order valence-corrected chi connectivity index (χ2v) is 4.24. The van der Waals surface area contributed by atoms with Gasteiger partial charge in [0.1, 0.15) is 5.69 Å². The van der Waals surface area contributed by atoms with Crippen molar-refractivity contribution in [3.05, 3.63) is 28.4 Å². The van der Waals surface area contributed by atoms with Crippen LogP contribution in [0.1, 0.15) is 17.4 Å². The molecule has 1 aromatic carbocycles. The number of carbonyl (C=O) groups is 1. The quantitative estimate of drug-likeness (QED) is 0.832. The summed E-state index contributed by atoms with van der Waals surface area (Å²) >= 11 is 3.36. The van der Waals surface area contributed by atoms with E-state index in [1.54, 1.807) is 6.92 Å². The molecule has 84 valence electrons. The van der Waals surface area contributed by atoms with Crippen molar-refractivity contribution in [2.75, 3.05) is 12.3 Å². The van der Waals surface area contributed by atoms with Crippen LogP contribution in [-0.2, 0) is 4.74 Å². The Morgan fingerprint density at radius 3 is 3.00 bits per heavy atom. The SMILES string of the molecule is CCOC(=O)c1[nH]c2ccc(Br)cc2c1N. The number of aromatic amines is 1. The Balaban J connectivity index is 2.56. The number of anilines is 1. The number of aromatic nitrogens is 1. The van der Waals surface area contributed by atoms with Crippen LogP contribution in [0.25, 0.3) is 10.9 Å². The number of esters is 1. The number of hydrogen-bond donors (Lipinski definition) is 2. The molecule has 16 heavy (non-hydrogen) atoms. The Morgan fingerprint density at radius 2 is 2.31 bits per heavy atom. The molecule has 0 aliphatic carbocycles. The molecule has 0 spiro atoms. The summed E-state index contributed by atoms with van der Waals surface area (Å²) in [5, 5.41) is 0.817. The Labute approximate surface area is 101 Å². The molecule has 0 aliphatic rings. The highest BCUT2D eigenvalue weighted by Gasteiger charge is 2.16. The number of carbonyl (C=O) groups excluding carboxylic acids is 1. The van der Waals surface area contributed by atoms with Crippen LogP contribution in [0.15, 0.2) is 22.7 Å². The van der Waals surface area contributed by atoms with E-state index in [2.05, 4.69) is 20.9 Å². The molecule has 5 heteroatoms. The fraction of sp³-hybridized carbons (Fsp3) is 0.182. The van der Waals surface area contributed by atoms with Gasteiger partial charge in [0.25, 0.3) is 0 Å². The number of rotatable bonds is 2. The largest absolute Gasteiger partial charge is 0.461 e. The normalized spacial score (nSPS) is 10.6. The van der Waals surface area contributed by atoms with E-state index in [0.29, 0.717) is 18.0 Å². The van der Waals surface area contributed by atoms with Gasteiger partial charge in [0.2, 0.25) is 0 Å². The highest BCUT2D eigenvalue weighted by molar-refractivity contribution is 9.10. The van der Waals surface area contributed by atoms with Gasteiger partial charge in [0, 0.05) is 15.4 Å². The van der Waals surface area contributed by atoms with Gasteiger partial charge in [0.05, 0.1) is 12.3 Å². The third-order valence-electron chi connectivity index (χ3n) is 2.28. The van der Waals surface area contributed by atoms with Crippen LogP contribution in [-0.4, -0.2) is 17.6 Å². The molecule has 0 saturated carbocycles. The molecule has 0 amide bonds. The molecule has 0 atom stereocenters. The highest BCUT2D eigenvalue weighted by atomic mass is 79.9. The van der Waals surface area contributed by atoms with Crippen LogP contribution >= 0.6 is 15.9 Å². The Morgan fingerprint density at radius 1 is 1.56 bits per heavy atom. The first-order chi connectivity index (χ1) is 7.63. The first kappa shape index (κ1) is 11.0. The van der Waals surface area contributed by atoms with Gasteiger partial charge in [-0.1, -0.05) is 15.9 Å². The van der Waals surface area contributed by atoms with E-state index in [-0.39, 0.29) is 0 Å². The number of nitrogens with two attached hydrogens (primary N) is 1. The molecule has 4 nitrogen and oxygen atoms in total. The van der Waals surface area contributed by atoms with Crippen molar-refractivity contribution in [1.29, 1.82) is 0 Å². The number of hydrogen-bond acceptors (Lipinski definition) is 3. The summed E-state index contributed by atoms with van der Waals surface area (Å²) in [5.41, 5.74) is 7.45. The van der Waals surface area contributed by atoms with Crippen LogP contribution in [0, 0.1) is 0 Å². The molecule has 0 fully saturated rings. The maximum absolute atomic E-state index is 11.6. The van der Waals surface area contributed by atoms with Crippen molar-refractivity contribution >= 4 is 38.5 Å². The molecule has 0 saturated heterocycles. The first-order valence-corrected chi connectivity index (χ1v) is 5.66. The molecule has 2 rings (SSSR count). The van der Waals surface area contributed by atoms with Gasteiger partial charge in [-0.15, -0.1) is 0 Å². The van der Waals surface area contributed by atoms with Gasteiger partial charge < -0.3 is 15.5 Å². The Hall–Kier alpha value is -1.49. The summed E-state index contributed by atoms with van der Waals surface area (Å²) in [6, 6.07) is 5.61. The molecule has 0 aliphatic heterocycles. The summed E-state index contributed by atoms with van der Waals surface area (Å²) in [7, 11) is 0. The standard InChI is InChI=1S/C11H11BrN2O2/c1-2-16-11(15)10-9(13)7-5-6(12)3-4-8(7)14-10/h3-5,14H,2,13H2,1H3. The predicted molar refractivity (Wildman–Crippen MR) is 66.4 cm³/mol. The first-order valence-electron chi connectivity index (χ1n) is 4.87. The lowest BCUT2D eigenvalue weighted by molar-refractivity contribution is 0.0522. The predicted octanol–water partition coefficient (Wildman–Crippen LogP) is 2.69. The summed E-state index contributed by atoms with van der Waals surface area (Å²) in [6.45, 7) is 2.09. The van der Waals surface area contributed by atoms with Crippen LogP contribution in [0.3, 0.4) is 0 Å². The van der Waals surface area contributed by atoms with Crippen LogP contribution in [0.4, 0.5) is 5.69 Å². The minimum Gasteiger partial charge on any atom is -0.461 e. The average Bonchev–Trinajstić information content (AvgIpc) is 2.57. The molecule has 1 aromatic heterocycles. The maximum Gasteiger partial charge on any atom is 0.356 e. The van der Waals surface area contributed by atoms with Crippen molar-refractivity contribution in [3.8, 4) is 0 Å². The van der Waals surface area contributed by atoms with Gasteiger partial charge in [-0.25, -0.2) is 4.79 Å². The Kier molecular flexibility index (Phi) is 2.87. The lowest BCUT2D eigenvalue weighted by Gasteiger charge is -1.99. The highest BCUT2D eigenvalue weighted by Crippen LogP contribution is 2.28. The van der Waals surface area contributed by atoms with Gasteiger partial charge in [-0.05, 0) is 25.1 Å². The number of nitrogen functional groups attached to an aromatic ring is 1. The second-order valence-electron chi connectivity index (χ2n) is 3.32. The number of nitrogens with one attached hydrogen (secondary N) is 1. The zero-order valence-corrected chi connectivity index (χ0v) is 10.3. The fourth-order valence-electron chi connectivity index (χ4n) is 1.55. The van der Waals surface area contributed by atoms with E-state index in [4.69, 9.17) is 10.5 Å². The van der Waals surface area contributed by atoms with E-state index < -0.39 is 5.97 Å². The van der Waals surface area contributed by atoms with Crippen molar-refractivity contribution in [3.63, 3.8) is 0 Å². The minimum atomic E-state index is -0.424. The lowest BCUT2D eigenvalue weighted by Crippen LogP contribution is -2.07. The summed E-state index contributed by atoms with van der Waals surface area (Å²) < 4.78 is 5.82. The van der Waals surface area contributed by atoms with Crippen LogP contribution < -0.4 is 5.73 Å². The number of H-pyrrole nitrogens is 1. The van der Waals surface area contributed by atoms with E-state index in [1.807, 2.05) is 18.2 Å². The van der Waals surface area contributed by atoms with E-state index in [9.17, 15) is 4.79 Å². The zero-order valence-electron chi connectivity index (χ0n) is 8.71. The molecular formula is C11H11BrN2O2. The van der Waals surface area contributed by atoms with Crippen LogP contribution in [0.2, 0.25) is 0 Å². The molecule has 0 bridgehead atoms.